The van der Waals surface area contributed by atoms with Gasteiger partial charge in [0.05, 0.1) is 5.69 Å². The number of aryl methyl sites for hydroxylation is 2. The van der Waals surface area contributed by atoms with E-state index in [1.165, 1.54) is 5.56 Å². The van der Waals surface area contributed by atoms with Crippen LogP contribution in [0.15, 0.2) is 40.9 Å². The molecule has 4 heteroatoms. The van der Waals surface area contributed by atoms with Gasteiger partial charge in [0.2, 0.25) is 0 Å². The van der Waals surface area contributed by atoms with Crippen LogP contribution in [0.25, 0.3) is 0 Å². The largest absolute Gasteiger partial charge is 0.481 e. The number of amides is 1. The molecule has 0 spiro atoms. The van der Waals surface area contributed by atoms with Crippen LogP contribution < -0.4 is 10.1 Å². The van der Waals surface area contributed by atoms with Gasteiger partial charge in [-0.2, -0.15) is 0 Å². The minimum Gasteiger partial charge on any atom is -0.481 e. The molecule has 0 saturated carbocycles. The van der Waals surface area contributed by atoms with Crippen LogP contribution in [0.5, 0.6) is 5.75 Å². The van der Waals surface area contributed by atoms with Crippen molar-refractivity contribution in [3.8, 4) is 5.75 Å². The Morgan fingerprint density at radius 3 is 2.20 bits per heavy atom. The number of carbonyl (C=O) groups is 1. The average molecular weight is 404 g/mol. The van der Waals surface area contributed by atoms with Crippen molar-refractivity contribution in [2.24, 2.45) is 0 Å². The van der Waals surface area contributed by atoms with Crippen molar-refractivity contribution >= 4 is 27.5 Å². The number of anilines is 1. The molecular weight excluding hydrogens is 378 g/mol. The van der Waals surface area contributed by atoms with Gasteiger partial charge >= 0.3 is 0 Å². The zero-order chi connectivity index (χ0) is 18.8. The molecule has 0 bridgehead atoms. The van der Waals surface area contributed by atoms with Crippen LogP contribution in [-0.2, 0) is 10.2 Å². The van der Waals surface area contributed by atoms with Crippen LogP contribution in [-0.4, -0.2) is 12.0 Å². The van der Waals surface area contributed by atoms with Gasteiger partial charge < -0.3 is 10.1 Å². The molecule has 1 N–H and O–H groups in total. The molecule has 0 aliphatic carbocycles. The molecule has 0 heterocycles. The molecule has 0 aliphatic rings. The second-order valence-electron chi connectivity index (χ2n) is 7.52. The summed E-state index contributed by atoms with van der Waals surface area (Å²) in [6.45, 7) is 12.3. The van der Waals surface area contributed by atoms with Gasteiger partial charge in [-0.1, -0.05) is 32.9 Å². The van der Waals surface area contributed by atoms with E-state index in [1.807, 2.05) is 44.2 Å². The quantitative estimate of drug-likeness (QED) is 0.703. The smallest absolute Gasteiger partial charge is 0.265 e. The van der Waals surface area contributed by atoms with Crippen LogP contribution in [0, 0.1) is 13.8 Å². The van der Waals surface area contributed by atoms with Crippen molar-refractivity contribution in [2.45, 2.75) is 53.1 Å². The highest BCUT2D eigenvalue weighted by molar-refractivity contribution is 9.10. The standard InChI is InChI=1S/C21H26BrNO2/c1-13-9-14(2)11-17(10-13)25-15(3)20(24)23-19-8-7-16(12-18(19)22)21(4,5)6/h7-12,15H,1-6H3,(H,23,24). The minimum atomic E-state index is -0.588. The van der Waals surface area contributed by atoms with Crippen molar-refractivity contribution in [3.63, 3.8) is 0 Å². The number of carbonyl (C=O) groups excluding carboxylic acids is 1. The maximum absolute atomic E-state index is 12.5. The lowest BCUT2D eigenvalue weighted by molar-refractivity contribution is -0.122. The fourth-order valence-corrected chi connectivity index (χ4v) is 3.05. The predicted octanol–water partition coefficient (Wildman–Crippen LogP) is 5.77. The van der Waals surface area contributed by atoms with E-state index in [-0.39, 0.29) is 11.3 Å². The van der Waals surface area contributed by atoms with Gasteiger partial charge in [0.1, 0.15) is 5.75 Å². The second kappa shape index (κ2) is 7.61. The van der Waals surface area contributed by atoms with Crippen LogP contribution in [0.2, 0.25) is 0 Å². The van der Waals surface area contributed by atoms with Crippen molar-refractivity contribution in [2.75, 3.05) is 5.32 Å². The van der Waals surface area contributed by atoms with E-state index in [1.54, 1.807) is 6.92 Å². The van der Waals surface area contributed by atoms with E-state index in [4.69, 9.17) is 4.74 Å². The van der Waals surface area contributed by atoms with Crippen LogP contribution >= 0.6 is 15.9 Å². The molecule has 2 rings (SSSR count). The Morgan fingerprint density at radius 2 is 1.68 bits per heavy atom. The lowest BCUT2D eigenvalue weighted by Crippen LogP contribution is -2.30. The lowest BCUT2D eigenvalue weighted by atomic mass is 9.87. The topological polar surface area (TPSA) is 38.3 Å². The first kappa shape index (κ1) is 19.5. The third-order valence-electron chi connectivity index (χ3n) is 3.97. The Morgan fingerprint density at radius 1 is 1.08 bits per heavy atom. The highest BCUT2D eigenvalue weighted by Crippen LogP contribution is 2.30. The predicted molar refractivity (Wildman–Crippen MR) is 107 cm³/mol. The highest BCUT2D eigenvalue weighted by Gasteiger charge is 2.18. The first-order chi connectivity index (χ1) is 11.6. The van der Waals surface area contributed by atoms with E-state index in [0.29, 0.717) is 5.75 Å². The van der Waals surface area contributed by atoms with Gasteiger partial charge in [-0.25, -0.2) is 0 Å². The number of halogens is 1. The SMILES string of the molecule is Cc1cc(C)cc(OC(C)C(=O)Nc2ccc(C(C)(C)C)cc2Br)c1. The number of nitrogens with one attached hydrogen (secondary N) is 1. The number of hydrogen-bond acceptors (Lipinski definition) is 2. The van der Waals surface area contributed by atoms with Crippen molar-refractivity contribution < 1.29 is 9.53 Å². The third kappa shape index (κ3) is 5.33. The van der Waals surface area contributed by atoms with E-state index in [9.17, 15) is 4.79 Å². The van der Waals surface area contributed by atoms with Gasteiger partial charge in [-0.05, 0) is 83.1 Å². The summed E-state index contributed by atoms with van der Waals surface area (Å²) in [6.07, 6.45) is -0.588. The lowest BCUT2D eigenvalue weighted by Gasteiger charge is -2.21. The van der Waals surface area contributed by atoms with Crippen molar-refractivity contribution in [1.29, 1.82) is 0 Å². The summed E-state index contributed by atoms with van der Waals surface area (Å²) in [5.74, 6) is 0.533. The summed E-state index contributed by atoms with van der Waals surface area (Å²) >= 11 is 3.55. The first-order valence-corrected chi connectivity index (χ1v) is 9.21. The molecule has 134 valence electrons. The van der Waals surface area contributed by atoms with Gasteiger partial charge in [0, 0.05) is 4.47 Å². The summed E-state index contributed by atoms with van der Waals surface area (Å²) in [5.41, 5.74) is 4.24. The summed E-state index contributed by atoms with van der Waals surface area (Å²) < 4.78 is 6.67. The van der Waals surface area contributed by atoms with Gasteiger partial charge in [0.15, 0.2) is 6.10 Å². The molecule has 0 radical (unpaired) electrons. The molecule has 0 aromatic heterocycles. The molecular formula is C21H26BrNO2. The number of hydrogen-bond donors (Lipinski definition) is 1. The number of ether oxygens (including phenoxy) is 1. The molecule has 1 unspecified atom stereocenters. The molecule has 3 nitrogen and oxygen atoms in total. The highest BCUT2D eigenvalue weighted by atomic mass is 79.9. The first-order valence-electron chi connectivity index (χ1n) is 8.42. The van der Waals surface area contributed by atoms with Crippen LogP contribution in [0.4, 0.5) is 5.69 Å². The van der Waals surface area contributed by atoms with Gasteiger partial charge in [0.25, 0.3) is 5.91 Å². The Bertz CT molecular complexity index is 758. The molecule has 2 aromatic rings. The fourth-order valence-electron chi connectivity index (χ4n) is 2.58. The Labute approximate surface area is 158 Å². The fraction of sp³-hybridized carbons (Fsp3) is 0.381. The molecule has 2 aromatic carbocycles. The Balaban J connectivity index is 2.08. The second-order valence-corrected chi connectivity index (χ2v) is 8.37. The van der Waals surface area contributed by atoms with Gasteiger partial charge in [-0.15, -0.1) is 0 Å². The maximum atomic E-state index is 12.5. The zero-order valence-corrected chi connectivity index (χ0v) is 17.3. The molecule has 25 heavy (non-hydrogen) atoms. The zero-order valence-electron chi connectivity index (χ0n) is 15.7. The summed E-state index contributed by atoms with van der Waals surface area (Å²) in [4.78, 5) is 12.5. The van der Waals surface area contributed by atoms with Crippen molar-refractivity contribution in [1.82, 2.24) is 0 Å². The van der Waals surface area contributed by atoms with Crippen molar-refractivity contribution in [3.05, 3.63) is 57.6 Å². The molecule has 0 aliphatic heterocycles. The van der Waals surface area contributed by atoms with E-state index in [2.05, 4.69) is 48.1 Å². The number of rotatable bonds is 4. The Kier molecular flexibility index (Phi) is 5.94. The molecule has 0 saturated heterocycles. The maximum Gasteiger partial charge on any atom is 0.265 e. The summed E-state index contributed by atoms with van der Waals surface area (Å²) in [6, 6.07) is 12.0. The van der Waals surface area contributed by atoms with E-state index >= 15 is 0 Å². The monoisotopic (exact) mass is 403 g/mol. The van der Waals surface area contributed by atoms with E-state index < -0.39 is 6.10 Å². The van der Waals surface area contributed by atoms with Crippen LogP contribution in [0.1, 0.15) is 44.4 Å². The molecule has 0 fully saturated rings. The number of benzene rings is 2. The van der Waals surface area contributed by atoms with E-state index in [0.717, 1.165) is 21.3 Å². The molecule has 1 amide bonds. The van der Waals surface area contributed by atoms with Gasteiger partial charge in [-0.3, -0.25) is 4.79 Å². The summed E-state index contributed by atoms with van der Waals surface area (Å²) in [7, 11) is 0. The minimum absolute atomic E-state index is 0.0600. The van der Waals surface area contributed by atoms with Crippen LogP contribution in [0.3, 0.4) is 0 Å². The molecule has 1 atom stereocenters. The Hall–Kier alpha value is -1.81. The normalized spacial score (nSPS) is 12.6. The summed E-state index contributed by atoms with van der Waals surface area (Å²) in [5, 5.41) is 2.93. The average Bonchev–Trinajstić information content (AvgIpc) is 2.47. The third-order valence-corrected chi connectivity index (χ3v) is 4.63.